The van der Waals surface area contributed by atoms with Gasteiger partial charge in [0.15, 0.2) is 6.73 Å². The summed E-state index contributed by atoms with van der Waals surface area (Å²) >= 11 is 0. The number of ether oxygens (including phenoxy) is 1. The van der Waals surface area contributed by atoms with E-state index >= 15 is 0 Å². The molecule has 2 aromatic rings. The normalized spacial score (nSPS) is 14.7. The first-order valence-electron chi connectivity index (χ1n) is 6.96. The van der Waals surface area contributed by atoms with E-state index in [0.717, 1.165) is 18.1 Å². The highest BCUT2D eigenvalue weighted by molar-refractivity contribution is 5.47. The fraction of sp³-hybridized carbons (Fsp3) is 0.353. The summed E-state index contributed by atoms with van der Waals surface area (Å²) in [6.07, 6.45) is 1.82. The molecule has 0 radical (unpaired) electrons. The van der Waals surface area contributed by atoms with Crippen molar-refractivity contribution in [1.82, 2.24) is 4.98 Å². The van der Waals surface area contributed by atoms with E-state index in [1.54, 1.807) is 0 Å². The first kappa shape index (κ1) is 13.0. The Morgan fingerprint density at radius 3 is 2.70 bits per heavy atom. The van der Waals surface area contributed by atoms with Crippen LogP contribution < -0.4 is 9.64 Å². The van der Waals surface area contributed by atoms with Crippen molar-refractivity contribution in [3.8, 4) is 5.75 Å². The zero-order valence-electron chi connectivity index (χ0n) is 12.3. The van der Waals surface area contributed by atoms with E-state index in [2.05, 4.69) is 48.9 Å². The molecule has 0 saturated heterocycles. The van der Waals surface area contributed by atoms with Crippen LogP contribution in [0.1, 0.15) is 31.9 Å². The maximum atomic E-state index is 5.84. The standard InChI is InChI=1S/C17H20N2O/c1-17(2,3)14-7-8-15-13(10-14)11-19(12-20-15)16-6-4-5-9-18-16/h4-10H,11-12H2,1-3H3. The van der Waals surface area contributed by atoms with Crippen molar-refractivity contribution >= 4 is 5.82 Å². The number of hydrogen-bond donors (Lipinski definition) is 0. The third kappa shape index (κ3) is 2.48. The molecule has 0 fully saturated rings. The number of hydrogen-bond acceptors (Lipinski definition) is 3. The predicted molar refractivity (Wildman–Crippen MR) is 81.1 cm³/mol. The van der Waals surface area contributed by atoms with Crippen molar-refractivity contribution in [3.05, 3.63) is 53.7 Å². The van der Waals surface area contributed by atoms with Gasteiger partial charge in [0.25, 0.3) is 0 Å². The van der Waals surface area contributed by atoms with Crippen LogP contribution in [0.5, 0.6) is 5.75 Å². The van der Waals surface area contributed by atoms with Gasteiger partial charge in [0.1, 0.15) is 11.6 Å². The highest BCUT2D eigenvalue weighted by Crippen LogP contribution is 2.32. The van der Waals surface area contributed by atoms with E-state index in [4.69, 9.17) is 4.74 Å². The van der Waals surface area contributed by atoms with E-state index in [-0.39, 0.29) is 5.41 Å². The van der Waals surface area contributed by atoms with E-state index in [1.165, 1.54) is 11.1 Å². The first-order chi connectivity index (χ1) is 9.54. The zero-order valence-corrected chi connectivity index (χ0v) is 12.3. The van der Waals surface area contributed by atoms with Crippen molar-refractivity contribution in [2.45, 2.75) is 32.7 Å². The molecule has 0 unspecified atom stereocenters. The lowest BCUT2D eigenvalue weighted by Crippen LogP contribution is -2.32. The van der Waals surface area contributed by atoms with E-state index in [1.807, 2.05) is 24.4 Å². The van der Waals surface area contributed by atoms with Crippen molar-refractivity contribution in [3.63, 3.8) is 0 Å². The average Bonchev–Trinajstić information content (AvgIpc) is 2.46. The second-order valence-electron chi connectivity index (χ2n) is 6.23. The molecule has 1 aromatic heterocycles. The lowest BCUT2D eigenvalue weighted by Gasteiger charge is -2.31. The second-order valence-corrected chi connectivity index (χ2v) is 6.23. The van der Waals surface area contributed by atoms with Crippen LogP contribution in [0.15, 0.2) is 42.6 Å². The van der Waals surface area contributed by atoms with Crippen LogP contribution >= 0.6 is 0 Å². The van der Waals surface area contributed by atoms with Gasteiger partial charge in [0.2, 0.25) is 0 Å². The topological polar surface area (TPSA) is 25.4 Å². The molecule has 0 amide bonds. The van der Waals surface area contributed by atoms with E-state index in [9.17, 15) is 0 Å². The molecule has 1 aromatic carbocycles. The predicted octanol–water partition coefficient (Wildman–Crippen LogP) is 3.74. The van der Waals surface area contributed by atoms with Gasteiger partial charge < -0.3 is 9.64 Å². The summed E-state index contributed by atoms with van der Waals surface area (Å²) in [7, 11) is 0. The number of rotatable bonds is 1. The molecule has 20 heavy (non-hydrogen) atoms. The molecule has 0 bridgehead atoms. The van der Waals surface area contributed by atoms with Gasteiger partial charge in [-0.1, -0.05) is 32.9 Å². The molecule has 104 valence electrons. The van der Waals surface area contributed by atoms with Crippen LogP contribution in [0.25, 0.3) is 0 Å². The van der Waals surface area contributed by atoms with E-state index < -0.39 is 0 Å². The maximum absolute atomic E-state index is 5.84. The minimum absolute atomic E-state index is 0.155. The van der Waals surface area contributed by atoms with Crippen LogP contribution in [-0.2, 0) is 12.0 Å². The Labute approximate surface area is 120 Å². The van der Waals surface area contributed by atoms with Gasteiger partial charge in [-0.05, 0) is 35.2 Å². The van der Waals surface area contributed by atoms with Gasteiger partial charge >= 0.3 is 0 Å². The molecule has 3 heteroatoms. The highest BCUT2D eigenvalue weighted by Gasteiger charge is 2.21. The molecular formula is C17H20N2O. The van der Waals surface area contributed by atoms with Crippen molar-refractivity contribution in [2.24, 2.45) is 0 Å². The van der Waals surface area contributed by atoms with Crippen molar-refractivity contribution < 1.29 is 4.74 Å². The number of anilines is 1. The molecule has 3 rings (SSSR count). The fourth-order valence-corrected chi connectivity index (χ4v) is 2.40. The number of benzene rings is 1. The third-order valence-corrected chi connectivity index (χ3v) is 3.64. The van der Waals surface area contributed by atoms with Crippen LogP contribution in [0, 0.1) is 0 Å². The van der Waals surface area contributed by atoms with Crippen LogP contribution in [0.2, 0.25) is 0 Å². The van der Waals surface area contributed by atoms with Gasteiger partial charge in [-0.3, -0.25) is 0 Å². The monoisotopic (exact) mass is 268 g/mol. The maximum Gasteiger partial charge on any atom is 0.162 e. The fourth-order valence-electron chi connectivity index (χ4n) is 2.40. The van der Waals surface area contributed by atoms with Crippen molar-refractivity contribution in [1.29, 1.82) is 0 Å². The summed E-state index contributed by atoms with van der Waals surface area (Å²) in [4.78, 5) is 6.54. The van der Waals surface area contributed by atoms with Crippen LogP contribution in [0.3, 0.4) is 0 Å². The Hall–Kier alpha value is -2.03. The summed E-state index contributed by atoms with van der Waals surface area (Å²) in [5.41, 5.74) is 2.72. The Kier molecular flexibility index (Phi) is 3.13. The minimum Gasteiger partial charge on any atom is -0.473 e. The summed E-state index contributed by atoms with van der Waals surface area (Å²) in [6.45, 7) is 8.09. The van der Waals surface area contributed by atoms with Gasteiger partial charge in [0, 0.05) is 11.8 Å². The molecule has 0 saturated carbocycles. The Bertz CT molecular complexity index is 602. The van der Waals surface area contributed by atoms with Gasteiger partial charge in [0.05, 0.1) is 6.54 Å². The molecular weight excluding hydrogens is 248 g/mol. The summed E-state index contributed by atoms with van der Waals surface area (Å²) in [5.74, 6) is 1.95. The quantitative estimate of drug-likeness (QED) is 0.788. The zero-order chi connectivity index (χ0) is 14.2. The Morgan fingerprint density at radius 2 is 2.00 bits per heavy atom. The first-order valence-corrected chi connectivity index (χ1v) is 6.96. The summed E-state index contributed by atoms with van der Waals surface area (Å²) in [6, 6.07) is 12.5. The smallest absolute Gasteiger partial charge is 0.162 e. The third-order valence-electron chi connectivity index (χ3n) is 3.64. The van der Waals surface area contributed by atoms with Crippen LogP contribution in [0.4, 0.5) is 5.82 Å². The largest absolute Gasteiger partial charge is 0.473 e. The van der Waals surface area contributed by atoms with Gasteiger partial charge in [-0.2, -0.15) is 0 Å². The number of pyridine rings is 1. The molecule has 0 N–H and O–H groups in total. The Balaban J connectivity index is 1.90. The van der Waals surface area contributed by atoms with Crippen molar-refractivity contribution in [2.75, 3.05) is 11.6 Å². The molecule has 3 nitrogen and oxygen atoms in total. The minimum atomic E-state index is 0.155. The second kappa shape index (κ2) is 4.82. The Morgan fingerprint density at radius 1 is 1.15 bits per heavy atom. The van der Waals surface area contributed by atoms with Gasteiger partial charge in [-0.25, -0.2) is 4.98 Å². The summed E-state index contributed by atoms with van der Waals surface area (Å²) in [5, 5.41) is 0. The molecule has 1 aliphatic heterocycles. The number of aromatic nitrogens is 1. The summed E-state index contributed by atoms with van der Waals surface area (Å²) < 4.78 is 5.84. The average molecular weight is 268 g/mol. The SMILES string of the molecule is CC(C)(C)c1ccc2c(c1)CN(c1ccccn1)CO2. The molecule has 0 atom stereocenters. The molecule has 0 spiro atoms. The van der Waals surface area contributed by atoms with Gasteiger partial charge in [-0.15, -0.1) is 0 Å². The molecule has 1 aliphatic rings. The van der Waals surface area contributed by atoms with Crippen LogP contribution in [-0.4, -0.2) is 11.7 Å². The highest BCUT2D eigenvalue weighted by atomic mass is 16.5. The molecule has 0 aliphatic carbocycles. The number of fused-ring (bicyclic) bond motifs is 1. The lowest BCUT2D eigenvalue weighted by atomic mass is 9.86. The lowest BCUT2D eigenvalue weighted by molar-refractivity contribution is 0.288. The molecule has 2 heterocycles. The van der Waals surface area contributed by atoms with E-state index in [0.29, 0.717) is 6.73 Å². The number of nitrogens with zero attached hydrogens (tertiary/aromatic N) is 2.